The van der Waals surface area contributed by atoms with Crippen molar-refractivity contribution in [1.29, 1.82) is 0 Å². The lowest BCUT2D eigenvalue weighted by Gasteiger charge is -2.13. The van der Waals surface area contributed by atoms with Crippen molar-refractivity contribution in [2.75, 3.05) is 10.6 Å². The van der Waals surface area contributed by atoms with Crippen LogP contribution in [-0.2, 0) is 11.3 Å². The first-order valence-corrected chi connectivity index (χ1v) is 14.1. The third-order valence-electron chi connectivity index (χ3n) is 6.45. The van der Waals surface area contributed by atoms with E-state index in [0.717, 1.165) is 28.1 Å². The molecule has 0 saturated heterocycles. The Hall–Kier alpha value is -5.47. The SMILES string of the molecule is Cc1ccc(NC(=S)Nc2cccc(CNC(=O)C(=Cc3ccc(-c4ccccc4)o3)NC(=O)c3ccccc3)c2)cc1. The fourth-order valence-electron chi connectivity index (χ4n) is 4.24. The number of carbonyl (C=O) groups is 2. The van der Waals surface area contributed by atoms with E-state index in [1.807, 2.05) is 97.9 Å². The molecule has 0 saturated carbocycles. The molecular weight excluding hydrogens is 556 g/mol. The lowest BCUT2D eigenvalue weighted by atomic mass is 10.2. The summed E-state index contributed by atoms with van der Waals surface area (Å²) in [7, 11) is 0. The van der Waals surface area contributed by atoms with Crippen molar-refractivity contribution in [3.05, 3.63) is 149 Å². The molecule has 5 rings (SSSR count). The van der Waals surface area contributed by atoms with Gasteiger partial charge < -0.3 is 25.7 Å². The van der Waals surface area contributed by atoms with Gasteiger partial charge in [0, 0.05) is 35.1 Å². The maximum Gasteiger partial charge on any atom is 0.268 e. The van der Waals surface area contributed by atoms with Crippen molar-refractivity contribution in [3.63, 3.8) is 0 Å². The molecule has 4 aromatic carbocycles. The van der Waals surface area contributed by atoms with Crippen LogP contribution in [0.25, 0.3) is 17.4 Å². The average Bonchev–Trinajstić information content (AvgIpc) is 3.50. The summed E-state index contributed by atoms with van der Waals surface area (Å²) in [4.78, 5) is 26.3. The quantitative estimate of drug-likeness (QED) is 0.108. The van der Waals surface area contributed by atoms with Gasteiger partial charge in [0.15, 0.2) is 5.11 Å². The van der Waals surface area contributed by atoms with Crippen LogP contribution in [0.2, 0.25) is 0 Å². The van der Waals surface area contributed by atoms with E-state index < -0.39 is 11.8 Å². The van der Waals surface area contributed by atoms with Crippen molar-refractivity contribution >= 4 is 46.6 Å². The number of nitrogens with one attached hydrogen (secondary N) is 4. The molecule has 0 fully saturated rings. The average molecular weight is 587 g/mol. The summed E-state index contributed by atoms with van der Waals surface area (Å²) < 4.78 is 5.97. The minimum atomic E-state index is -0.461. The molecule has 0 aliphatic carbocycles. The monoisotopic (exact) mass is 586 g/mol. The molecule has 0 radical (unpaired) electrons. The molecule has 5 aromatic rings. The van der Waals surface area contributed by atoms with Crippen LogP contribution in [0.3, 0.4) is 0 Å². The van der Waals surface area contributed by atoms with Crippen molar-refractivity contribution in [1.82, 2.24) is 10.6 Å². The number of thiocarbonyl (C=S) groups is 1. The highest BCUT2D eigenvalue weighted by Crippen LogP contribution is 2.23. The molecule has 0 unspecified atom stereocenters. The summed E-state index contributed by atoms with van der Waals surface area (Å²) in [5.41, 5.74) is 5.06. The van der Waals surface area contributed by atoms with Gasteiger partial charge in [0.05, 0.1) is 0 Å². The Morgan fingerprint density at radius 3 is 2.21 bits per heavy atom. The van der Waals surface area contributed by atoms with Gasteiger partial charge in [0.2, 0.25) is 0 Å². The zero-order valence-electron chi connectivity index (χ0n) is 23.5. The number of amides is 2. The molecule has 0 aliphatic rings. The van der Waals surface area contributed by atoms with Crippen LogP contribution < -0.4 is 21.3 Å². The Labute approximate surface area is 255 Å². The van der Waals surface area contributed by atoms with E-state index in [-0.39, 0.29) is 12.2 Å². The fraction of sp³-hybridized carbons (Fsp3) is 0.0571. The smallest absolute Gasteiger partial charge is 0.268 e. The molecule has 1 heterocycles. The first kappa shape index (κ1) is 29.0. The molecule has 0 spiro atoms. The van der Waals surface area contributed by atoms with Gasteiger partial charge in [-0.05, 0) is 73.2 Å². The highest BCUT2D eigenvalue weighted by Gasteiger charge is 2.16. The lowest BCUT2D eigenvalue weighted by Crippen LogP contribution is -2.34. The normalized spacial score (nSPS) is 11.0. The zero-order valence-corrected chi connectivity index (χ0v) is 24.3. The highest BCUT2D eigenvalue weighted by atomic mass is 32.1. The molecule has 43 heavy (non-hydrogen) atoms. The Morgan fingerprint density at radius 1 is 0.767 bits per heavy atom. The summed E-state index contributed by atoms with van der Waals surface area (Å²) >= 11 is 5.46. The van der Waals surface area contributed by atoms with Crippen molar-refractivity contribution in [2.24, 2.45) is 0 Å². The summed E-state index contributed by atoms with van der Waals surface area (Å²) in [6, 6.07) is 37.4. The van der Waals surface area contributed by atoms with Crippen LogP contribution in [0.15, 0.2) is 131 Å². The Kier molecular flexibility index (Phi) is 9.41. The van der Waals surface area contributed by atoms with E-state index in [4.69, 9.17) is 16.6 Å². The number of hydrogen-bond donors (Lipinski definition) is 4. The predicted octanol–water partition coefficient (Wildman–Crippen LogP) is 7.15. The number of carbonyl (C=O) groups excluding carboxylic acids is 2. The number of benzene rings is 4. The lowest BCUT2D eigenvalue weighted by molar-refractivity contribution is -0.117. The second-order valence-corrected chi connectivity index (χ2v) is 10.2. The molecular formula is C35H30N4O3S. The summed E-state index contributed by atoms with van der Waals surface area (Å²) in [5, 5.41) is 12.4. The van der Waals surface area contributed by atoms with Gasteiger partial charge in [-0.3, -0.25) is 9.59 Å². The number of aryl methyl sites for hydroxylation is 1. The van der Waals surface area contributed by atoms with E-state index in [9.17, 15) is 9.59 Å². The molecule has 4 N–H and O–H groups in total. The van der Waals surface area contributed by atoms with E-state index in [2.05, 4.69) is 21.3 Å². The summed E-state index contributed by atoms with van der Waals surface area (Å²) in [5.74, 6) is 0.215. The van der Waals surface area contributed by atoms with Crippen molar-refractivity contribution in [3.8, 4) is 11.3 Å². The van der Waals surface area contributed by atoms with Crippen molar-refractivity contribution in [2.45, 2.75) is 13.5 Å². The van der Waals surface area contributed by atoms with Crippen LogP contribution in [0.5, 0.6) is 0 Å². The van der Waals surface area contributed by atoms with Gasteiger partial charge in [-0.15, -0.1) is 0 Å². The number of furan rings is 1. The second-order valence-electron chi connectivity index (χ2n) is 9.77. The largest absolute Gasteiger partial charge is 0.457 e. The van der Waals surface area contributed by atoms with Crippen LogP contribution in [0, 0.1) is 6.92 Å². The zero-order chi connectivity index (χ0) is 30.0. The topological polar surface area (TPSA) is 95.4 Å². The first-order valence-electron chi connectivity index (χ1n) is 13.7. The van der Waals surface area contributed by atoms with Gasteiger partial charge in [-0.1, -0.05) is 78.4 Å². The fourth-order valence-corrected chi connectivity index (χ4v) is 4.48. The van der Waals surface area contributed by atoms with Gasteiger partial charge in [0.25, 0.3) is 11.8 Å². The second kappa shape index (κ2) is 13.9. The molecule has 0 atom stereocenters. The van der Waals surface area contributed by atoms with Gasteiger partial charge in [-0.2, -0.15) is 0 Å². The number of rotatable bonds is 9. The Balaban J connectivity index is 1.28. The maximum atomic E-state index is 13.4. The van der Waals surface area contributed by atoms with E-state index >= 15 is 0 Å². The molecule has 1 aromatic heterocycles. The van der Waals surface area contributed by atoms with E-state index in [0.29, 0.717) is 22.2 Å². The minimum absolute atomic E-state index is 0.0561. The van der Waals surface area contributed by atoms with E-state index in [1.165, 1.54) is 6.08 Å². The predicted molar refractivity (Wildman–Crippen MR) is 175 cm³/mol. The Bertz CT molecular complexity index is 1750. The molecule has 0 aliphatic heterocycles. The number of hydrogen-bond acceptors (Lipinski definition) is 4. The van der Waals surface area contributed by atoms with E-state index in [1.54, 1.807) is 30.3 Å². The standard InChI is InChI=1S/C35H30N4O3S/c1-24-15-17-28(18-16-24)37-35(43)38-29-14-8-9-25(21-29)23-36-34(41)31(39-33(40)27-12-6-3-7-13-27)22-30-19-20-32(42-30)26-10-4-2-5-11-26/h2-22H,23H2,1H3,(H,36,41)(H,39,40)(H2,37,38,43). The van der Waals surface area contributed by atoms with Gasteiger partial charge in [-0.25, -0.2) is 0 Å². The van der Waals surface area contributed by atoms with Crippen LogP contribution >= 0.6 is 12.2 Å². The molecule has 7 nitrogen and oxygen atoms in total. The summed E-state index contributed by atoms with van der Waals surface area (Å²) in [6.45, 7) is 2.25. The molecule has 214 valence electrons. The molecule has 0 bridgehead atoms. The van der Waals surface area contributed by atoms with Crippen LogP contribution in [-0.4, -0.2) is 16.9 Å². The van der Waals surface area contributed by atoms with Gasteiger partial charge >= 0.3 is 0 Å². The molecule has 2 amide bonds. The highest BCUT2D eigenvalue weighted by molar-refractivity contribution is 7.80. The van der Waals surface area contributed by atoms with Crippen LogP contribution in [0.4, 0.5) is 11.4 Å². The minimum Gasteiger partial charge on any atom is -0.457 e. The van der Waals surface area contributed by atoms with Crippen molar-refractivity contribution < 1.29 is 14.0 Å². The van der Waals surface area contributed by atoms with Crippen LogP contribution in [0.1, 0.15) is 27.2 Å². The summed E-state index contributed by atoms with van der Waals surface area (Å²) in [6.07, 6.45) is 1.52. The first-order chi connectivity index (χ1) is 20.9. The third kappa shape index (κ3) is 8.28. The number of anilines is 2. The third-order valence-corrected chi connectivity index (χ3v) is 6.65. The maximum absolute atomic E-state index is 13.4. The Morgan fingerprint density at radius 2 is 1.47 bits per heavy atom. The van der Waals surface area contributed by atoms with Gasteiger partial charge in [0.1, 0.15) is 17.2 Å². The molecule has 8 heteroatoms.